The predicted octanol–water partition coefficient (Wildman–Crippen LogP) is 5.26. The number of amides is 1. The van der Waals surface area contributed by atoms with Gasteiger partial charge in [-0.25, -0.2) is 4.98 Å². The minimum absolute atomic E-state index is 0.0998. The number of hydrogen-bond donors (Lipinski definition) is 1. The number of benzene rings is 2. The van der Waals surface area contributed by atoms with Gasteiger partial charge in [-0.3, -0.25) is 14.5 Å². The Morgan fingerprint density at radius 3 is 2.75 bits per heavy atom. The molecule has 0 spiro atoms. The minimum atomic E-state index is -0.443. The highest BCUT2D eigenvalue weighted by Crippen LogP contribution is 2.49. The number of nitrogens with zero attached hydrogens (tertiary/aromatic N) is 4. The summed E-state index contributed by atoms with van der Waals surface area (Å²) in [5, 5.41) is 8.76. The van der Waals surface area contributed by atoms with Crippen LogP contribution in [0.25, 0.3) is 22.0 Å². The molecule has 9 nitrogen and oxygen atoms in total. The largest absolute Gasteiger partial charge is 0.451 e. The molecule has 1 aliphatic carbocycles. The molecule has 1 atom stereocenters. The van der Waals surface area contributed by atoms with Crippen molar-refractivity contribution in [2.75, 3.05) is 13.7 Å². The van der Waals surface area contributed by atoms with Crippen molar-refractivity contribution < 1.29 is 18.7 Å². The predicted molar refractivity (Wildman–Crippen MR) is 149 cm³/mol. The number of rotatable bonds is 10. The smallest absolute Gasteiger partial charge is 0.252 e. The molecular weight excluding hydrogens is 506 g/mol. The van der Waals surface area contributed by atoms with E-state index in [1.165, 1.54) is 6.39 Å². The van der Waals surface area contributed by atoms with E-state index in [1.807, 2.05) is 50.6 Å². The van der Waals surface area contributed by atoms with Crippen molar-refractivity contribution in [3.8, 4) is 11.1 Å². The molecule has 40 heavy (non-hydrogen) atoms. The average molecular weight is 538 g/mol. The molecule has 0 aliphatic heterocycles. The van der Waals surface area contributed by atoms with Crippen molar-refractivity contribution in [3.05, 3.63) is 102 Å². The summed E-state index contributed by atoms with van der Waals surface area (Å²) in [4.78, 5) is 22.4. The number of aromatic nitrogens is 4. The van der Waals surface area contributed by atoms with Crippen molar-refractivity contribution in [1.82, 2.24) is 25.1 Å². The topological polar surface area (TPSA) is 104 Å². The van der Waals surface area contributed by atoms with E-state index in [2.05, 4.69) is 38.6 Å². The quantitative estimate of drug-likeness (QED) is 0.259. The number of ether oxygens (including phenoxy) is 2. The monoisotopic (exact) mass is 537 g/mol. The standard InChI is InChI=1S/C31H31N5O4/c1-20-11-21(29(18-38-3)40-17-24-16-39-19-33-24)6-7-25(20)30(37)35-31(8-9-31)27-12-22(23-14-34-36(2)15-23)13-28-26(27)5-4-10-32-28/h4-7,10-16,19,29H,8-9,17-18H2,1-3H3,(H,35,37)/t29-/m1/s1. The third-order valence-electron chi connectivity index (χ3n) is 7.48. The summed E-state index contributed by atoms with van der Waals surface area (Å²) in [5.41, 5.74) is 6.73. The third kappa shape index (κ3) is 5.13. The second kappa shape index (κ2) is 10.7. The van der Waals surface area contributed by atoms with Crippen LogP contribution < -0.4 is 5.32 Å². The Kier molecular flexibility index (Phi) is 6.91. The molecule has 6 rings (SSSR count). The summed E-state index contributed by atoms with van der Waals surface area (Å²) in [6.07, 6.45) is 10.00. The Hall–Kier alpha value is -4.34. The fourth-order valence-corrected chi connectivity index (χ4v) is 5.22. The Bertz CT molecular complexity index is 1660. The zero-order valence-corrected chi connectivity index (χ0v) is 22.8. The Morgan fingerprint density at radius 2 is 2.05 bits per heavy atom. The normalized spacial score (nSPS) is 14.8. The first-order valence-electron chi connectivity index (χ1n) is 13.2. The maximum absolute atomic E-state index is 13.7. The molecule has 5 aromatic rings. The molecule has 1 fully saturated rings. The second-order valence-corrected chi connectivity index (χ2v) is 10.3. The van der Waals surface area contributed by atoms with Gasteiger partial charge in [-0.2, -0.15) is 5.10 Å². The lowest BCUT2D eigenvalue weighted by Crippen LogP contribution is -2.35. The summed E-state index contributed by atoms with van der Waals surface area (Å²) < 4.78 is 18.3. The first kappa shape index (κ1) is 25.9. The van der Waals surface area contributed by atoms with Gasteiger partial charge < -0.3 is 19.2 Å². The maximum atomic E-state index is 13.7. The van der Waals surface area contributed by atoms with Gasteiger partial charge in [0.05, 0.1) is 30.5 Å². The van der Waals surface area contributed by atoms with Crippen LogP contribution in [-0.4, -0.2) is 39.4 Å². The second-order valence-electron chi connectivity index (χ2n) is 10.3. The first-order chi connectivity index (χ1) is 19.5. The van der Waals surface area contributed by atoms with Crippen LogP contribution in [0.3, 0.4) is 0 Å². The molecule has 0 bridgehead atoms. The van der Waals surface area contributed by atoms with Crippen molar-refractivity contribution in [3.63, 3.8) is 0 Å². The van der Waals surface area contributed by atoms with Crippen LogP contribution in [0.1, 0.15) is 51.7 Å². The SMILES string of the molecule is COC[C@@H](OCc1cocn1)c1ccc(C(=O)NC2(c3cc(-c4cnn(C)c4)cc4ncccc34)CC2)c(C)c1. The Balaban J connectivity index is 1.26. The molecule has 1 saturated carbocycles. The third-order valence-corrected chi connectivity index (χ3v) is 7.48. The molecule has 0 unspecified atom stereocenters. The van der Waals surface area contributed by atoms with Crippen LogP contribution in [0, 0.1) is 6.92 Å². The highest BCUT2D eigenvalue weighted by atomic mass is 16.5. The molecule has 1 aliphatic rings. The van der Waals surface area contributed by atoms with E-state index in [0.29, 0.717) is 24.5 Å². The number of carbonyl (C=O) groups excluding carboxylic acids is 1. The van der Waals surface area contributed by atoms with Crippen LogP contribution in [0.15, 0.2) is 78.1 Å². The van der Waals surface area contributed by atoms with Gasteiger partial charge in [-0.1, -0.05) is 18.2 Å². The van der Waals surface area contributed by atoms with Crippen LogP contribution in [0.2, 0.25) is 0 Å². The summed E-state index contributed by atoms with van der Waals surface area (Å²) in [5.74, 6) is -0.0998. The molecule has 9 heteroatoms. The number of methoxy groups -OCH3 is 1. The number of hydrogen-bond acceptors (Lipinski definition) is 7. The van der Waals surface area contributed by atoms with E-state index in [9.17, 15) is 4.79 Å². The van der Waals surface area contributed by atoms with Crippen molar-refractivity contribution >= 4 is 16.8 Å². The van der Waals surface area contributed by atoms with E-state index >= 15 is 0 Å². The minimum Gasteiger partial charge on any atom is -0.451 e. The first-order valence-corrected chi connectivity index (χ1v) is 13.2. The number of fused-ring (bicyclic) bond motifs is 1. The van der Waals surface area contributed by atoms with E-state index in [-0.39, 0.29) is 12.0 Å². The maximum Gasteiger partial charge on any atom is 0.252 e. The number of carbonyl (C=O) groups is 1. The van der Waals surface area contributed by atoms with Crippen LogP contribution >= 0.6 is 0 Å². The van der Waals surface area contributed by atoms with Crippen molar-refractivity contribution in [1.29, 1.82) is 0 Å². The van der Waals surface area contributed by atoms with Crippen molar-refractivity contribution in [2.45, 2.75) is 38.0 Å². The molecule has 1 amide bonds. The van der Waals surface area contributed by atoms with Gasteiger partial charge in [0.1, 0.15) is 18.1 Å². The van der Waals surface area contributed by atoms with Gasteiger partial charge in [0.2, 0.25) is 0 Å². The van der Waals surface area contributed by atoms with E-state index in [0.717, 1.165) is 51.6 Å². The van der Waals surface area contributed by atoms with Gasteiger partial charge >= 0.3 is 0 Å². The van der Waals surface area contributed by atoms with Gasteiger partial charge in [-0.15, -0.1) is 0 Å². The fourth-order valence-electron chi connectivity index (χ4n) is 5.22. The summed E-state index contributed by atoms with van der Waals surface area (Å²) in [6, 6.07) is 14.1. The van der Waals surface area contributed by atoms with Crippen LogP contribution in [0.5, 0.6) is 0 Å². The highest BCUT2D eigenvalue weighted by molar-refractivity contribution is 5.97. The molecule has 204 valence electrons. The lowest BCUT2D eigenvalue weighted by atomic mass is 9.94. The average Bonchev–Trinajstić information content (AvgIpc) is 3.31. The van der Waals surface area contributed by atoms with E-state index in [1.54, 1.807) is 24.3 Å². The molecule has 3 aromatic heterocycles. The number of oxazole rings is 1. The van der Waals surface area contributed by atoms with E-state index < -0.39 is 5.54 Å². The van der Waals surface area contributed by atoms with Crippen LogP contribution in [-0.2, 0) is 28.7 Å². The molecule has 1 N–H and O–H groups in total. The van der Waals surface area contributed by atoms with E-state index in [4.69, 9.17) is 13.9 Å². The van der Waals surface area contributed by atoms with Gasteiger partial charge in [0, 0.05) is 43.1 Å². The summed E-state index contributed by atoms with van der Waals surface area (Å²) in [7, 11) is 3.54. The van der Waals surface area contributed by atoms with Gasteiger partial charge in [-0.05, 0) is 66.3 Å². The fraction of sp³-hybridized carbons (Fsp3) is 0.290. The van der Waals surface area contributed by atoms with Gasteiger partial charge in [0.25, 0.3) is 5.91 Å². The molecule has 0 saturated heterocycles. The Labute approximate surface area is 232 Å². The summed E-state index contributed by atoms with van der Waals surface area (Å²) >= 11 is 0. The van der Waals surface area contributed by atoms with Gasteiger partial charge in [0.15, 0.2) is 6.39 Å². The van der Waals surface area contributed by atoms with Crippen molar-refractivity contribution in [2.24, 2.45) is 7.05 Å². The molecular formula is C31H31N5O4. The van der Waals surface area contributed by atoms with Crippen LogP contribution in [0.4, 0.5) is 0 Å². The number of nitrogens with one attached hydrogen (secondary N) is 1. The molecule has 2 aromatic carbocycles. The lowest BCUT2D eigenvalue weighted by molar-refractivity contribution is -0.0141. The zero-order valence-electron chi connectivity index (χ0n) is 22.8. The Morgan fingerprint density at radius 1 is 1.18 bits per heavy atom. The summed E-state index contributed by atoms with van der Waals surface area (Å²) in [6.45, 7) is 2.62. The highest BCUT2D eigenvalue weighted by Gasteiger charge is 2.47. The molecule has 3 heterocycles. The lowest BCUT2D eigenvalue weighted by Gasteiger charge is -2.22. The molecule has 0 radical (unpaired) electrons. The number of pyridine rings is 1. The zero-order chi connectivity index (χ0) is 27.7. The number of aryl methyl sites for hydroxylation is 2.